The van der Waals surface area contributed by atoms with Gasteiger partial charge in [0.1, 0.15) is 0 Å². The van der Waals surface area contributed by atoms with Crippen LogP contribution in [0, 0.1) is 0 Å². The third-order valence-electron chi connectivity index (χ3n) is 5.31. The zero-order valence-corrected chi connectivity index (χ0v) is 16.2. The van der Waals surface area contributed by atoms with Crippen molar-refractivity contribution < 1.29 is 27.5 Å². The van der Waals surface area contributed by atoms with E-state index in [0.29, 0.717) is 13.0 Å². The van der Waals surface area contributed by atoms with Crippen molar-refractivity contribution in [1.29, 1.82) is 0 Å². The largest absolute Gasteiger partial charge is 0.444 e. The quantitative estimate of drug-likeness (QED) is 0.596. The molecule has 0 N–H and O–H groups in total. The predicted octanol–water partition coefficient (Wildman–Crippen LogP) is 4.38. The highest BCUT2D eigenvalue weighted by atomic mass is 19.4. The Labute approximate surface area is 170 Å². The molecule has 1 aliphatic rings. The molecule has 0 spiro atoms. The molecule has 2 aromatic carbocycles. The number of fused-ring (bicyclic) bond motifs is 3. The van der Waals surface area contributed by atoms with Gasteiger partial charge in [0, 0.05) is 30.1 Å². The Kier molecular flexibility index (Phi) is 5.01. The number of para-hydroxylation sites is 1. The molecule has 4 rings (SSSR count). The number of aromatic nitrogens is 1. The summed E-state index contributed by atoms with van der Waals surface area (Å²) in [6.45, 7) is 2.10. The average molecular weight is 416 g/mol. The summed E-state index contributed by atoms with van der Waals surface area (Å²) in [5.74, 6) is -0.742. The lowest BCUT2D eigenvalue weighted by molar-refractivity contribution is -0.144. The smallest absolute Gasteiger partial charge is 0.416 e. The molecule has 0 saturated carbocycles. The number of carbonyl (C=O) groups is 2. The molecule has 1 aromatic heterocycles. The molecule has 30 heavy (non-hydrogen) atoms. The van der Waals surface area contributed by atoms with Gasteiger partial charge in [-0.25, -0.2) is 0 Å². The summed E-state index contributed by atoms with van der Waals surface area (Å²) in [4.78, 5) is 25.8. The Morgan fingerprint density at radius 1 is 1.07 bits per heavy atom. The zero-order chi connectivity index (χ0) is 21.5. The van der Waals surface area contributed by atoms with Crippen molar-refractivity contribution in [3.05, 3.63) is 70.9 Å². The molecule has 1 amide bonds. The standard InChI is InChI=1S/C22H19F3N2O3/c1-14(28)30-13-27-19-5-3-2-4-17(19)18-10-11-26(12-20(18)27)21(29)15-6-8-16(9-7-15)22(23,24)25/h2-9H,10-13H2,1H3. The first-order chi connectivity index (χ1) is 14.3. The topological polar surface area (TPSA) is 51.5 Å². The van der Waals surface area contributed by atoms with Crippen LogP contribution in [0.5, 0.6) is 0 Å². The molecule has 0 radical (unpaired) electrons. The van der Waals surface area contributed by atoms with E-state index in [9.17, 15) is 22.8 Å². The highest BCUT2D eigenvalue weighted by Crippen LogP contribution is 2.32. The molecule has 0 bridgehead atoms. The average Bonchev–Trinajstić information content (AvgIpc) is 3.04. The minimum absolute atomic E-state index is 0.0352. The van der Waals surface area contributed by atoms with Gasteiger partial charge in [-0.2, -0.15) is 13.2 Å². The van der Waals surface area contributed by atoms with Crippen LogP contribution in [-0.4, -0.2) is 27.9 Å². The second-order valence-electron chi connectivity index (χ2n) is 7.19. The van der Waals surface area contributed by atoms with Gasteiger partial charge >= 0.3 is 12.1 Å². The maximum absolute atomic E-state index is 12.9. The maximum Gasteiger partial charge on any atom is 0.416 e. The second kappa shape index (κ2) is 7.51. The highest BCUT2D eigenvalue weighted by Gasteiger charge is 2.31. The third kappa shape index (κ3) is 3.65. The molecule has 8 heteroatoms. The first-order valence-corrected chi connectivity index (χ1v) is 9.44. The molecule has 1 aliphatic heterocycles. The fourth-order valence-electron chi connectivity index (χ4n) is 3.85. The molecule has 0 aliphatic carbocycles. The SMILES string of the molecule is CC(=O)OCn1c2c(c3ccccc31)CCN(C(=O)c1ccc(C(F)(F)F)cc1)C2. The molecule has 156 valence electrons. The number of rotatable bonds is 3. The minimum atomic E-state index is -4.45. The van der Waals surface area contributed by atoms with Gasteiger partial charge in [0.05, 0.1) is 17.6 Å². The normalized spacial score (nSPS) is 13.9. The van der Waals surface area contributed by atoms with Gasteiger partial charge < -0.3 is 14.2 Å². The van der Waals surface area contributed by atoms with Crippen LogP contribution in [0.3, 0.4) is 0 Å². The summed E-state index contributed by atoms with van der Waals surface area (Å²) in [5, 5.41) is 1.04. The van der Waals surface area contributed by atoms with Gasteiger partial charge in [-0.1, -0.05) is 18.2 Å². The maximum atomic E-state index is 12.9. The summed E-state index contributed by atoms with van der Waals surface area (Å²) >= 11 is 0. The number of esters is 1. The number of halogens is 3. The molecule has 0 unspecified atom stereocenters. The van der Waals surface area contributed by atoms with Gasteiger partial charge in [-0.15, -0.1) is 0 Å². The van der Waals surface area contributed by atoms with E-state index in [-0.39, 0.29) is 24.7 Å². The Morgan fingerprint density at radius 2 is 1.77 bits per heavy atom. The van der Waals surface area contributed by atoms with Crippen molar-refractivity contribution in [2.75, 3.05) is 6.54 Å². The number of hydrogen-bond donors (Lipinski definition) is 0. The molecule has 5 nitrogen and oxygen atoms in total. The van der Waals surface area contributed by atoms with Crippen LogP contribution in [0.4, 0.5) is 13.2 Å². The lowest BCUT2D eigenvalue weighted by Crippen LogP contribution is -2.36. The van der Waals surface area contributed by atoms with E-state index < -0.39 is 17.7 Å². The van der Waals surface area contributed by atoms with Crippen LogP contribution in [0.25, 0.3) is 10.9 Å². The Balaban J connectivity index is 1.64. The van der Waals surface area contributed by atoms with Crippen LogP contribution in [0.15, 0.2) is 48.5 Å². The molecule has 0 fully saturated rings. The van der Waals surface area contributed by atoms with Crippen molar-refractivity contribution in [3.63, 3.8) is 0 Å². The van der Waals surface area contributed by atoms with Crippen molar-refractivity contribution >= 4 is 22.8 Å². The monoisotopic (exact) mass is 416 g/mol. The molecular formula is C22H19F3N2O3. The zero-order valence-electron chi connectivity index (χ0n) is 16.2. The number of alkyl halides is 3. The van der Waals surface area contributed by atoms with E-state index >= 15 is 0 Å². The van der Waals surface area contributed by atoms with Gasteiger partial charge in [-0.3, -0.25) is 9.59 Å². The number of nitrogens with zero attached hydrogens (tertiary/aromatic N) is 2. The number of amides is 1. The molecule has 3 aromatic rings. The van der Waals surface area contributed by atoms with Gasteiger partial charge in [0.15, 0.2) is 6.73 Å². The van der Waals surface area contributed by atoms with E-state index in [1.54, 1.807) is 4.90 Å². The first kappa shape index (κ1) is 20.0. The van der Waals surface area contributed by atoms with E-state index in [0.717, 1.165) is 34.3 Å². The number of benzene rings is 2. The Hall–Kier alpha value is -3.29. The summed E-state index contributed by atoms with van der Waals surface area (Å²) in [7, 11) is 0. The molecule has 0 atom stereocenters. The van der Waals surface area contributed by atoms with E-state index in [1.165, 1.54) is 19.1 Å². The summed E-state index contributed by atoms with van der Waals surface area (Å²) in [6.07, 6.45) is -3.84. The van der Waals surface area contributed by atoms with E-state index in [1.807, 2.05) is 28.8 Å². The minimum Gasteiger partial charge on any atom is -0.444 e. The van der Waals surface area contributed by atoms with Crippen LogP contribution in [0.2, 0.25) is 0 Å². The number of ether oxygens (including phenoxy) is 1. The fourth-order valence-corrected chi connectivity index (χ4v) is 3.85. The van der Waals surface area contributed by atoms with Crippen LogP contribution >= 0.6 is 0 Å². The Bertz CT molecular complexity index is 1120. The second-order valence-corrected chi connectivity index (χ2v) is 7.19. The summed E-state index contributed by atoms with van der Waals surface area (Å²) in [6, 6.07) is 12.0. The highest BCUT2D eigenvalue weighted by molar-refractivity contribution is 5.95. The van der Waals surface area contributed by atoms with Gasteiger partial charge in [0.25, 0.3) is 5.91 Å². The van der Waals surface area contributed by atoms with Crippen LogP contribution in [-0.2, 0) is 35.4 Å². The van der Waals surface area contributed by atoms with Gasteiger partial charge in [0.2, 0.25) is 0 Å². The van der Waals surface area contributed by atoms with E-state index in [2.05, 4.69) is 0 Å². The van der Waals surface area contributed by atoms with E-state index in [4.69, 9.17) is 4.74 Å². The van der Waals surface area contributed by atoms with Crippen molar-refractivity contribution in [3.8, 4) is 0 Å². The number of carbonyl (C=O) groups excluding carboxylic acids is 2. The van der Waals surface area contributed by atoms with Crippen LogP contribution < -0.4 is 0 Å². The van der Waals surface area contributed by atoms with Crippen LogP contribution in [0.1, 0.15) is 34.1 Å². The molecule has 0 saturated heterocycles. The number of hydrogen-bond acceptors (Lipinski definition) is 3. The van der Waals surface area contributed by atoms with Crippen molar-refractivity contribution in [2.45, 2.75) is 32.8 Å². The summed E-state index contributed by atoms with van der Waals surface area (Å²) < 4.78 is 45.4. The first-order valence-electron chi connectivity index (χ1n) is 9.44. The fraction of sp³-hybridized carbons (Fsp3) is 0.273. The van der Waals surface area contributed by atoms with Crippen molar-refractivity contribution in [2.24, 2.45) is 0 Å². The Morgan fingerprint density at radius 3 is 2.43 bits per heavy atom. The van der Waals surface area contributed by atoms with Crippen molar-refractivity contribution in [1.82, 2.24) is 9.47 Å². The summed E-state index contributed by atoms with van der Waals surface area (Å²) in [5.41, 5.74) is 2.28. The van der Waals surface area contributed by atoms with Gasteiger partial charge in [-0.05, 0) is 42.3 Å². The third-order valence-corrected chi connectivity index (χ3v) is 5.31. The lowest BCUT2D eigenvalue weighted by atomic mass is 10.0. The predicted molar refractivity (Wildman–Crippen MR) is 104 cm³/mol. The molecular weight excluding hydrogens is 397 g/mol. The molecule has 2 heterocycles. The lowest BCUT2D eigenvalue weighted by Gasteiger charge is -2.28.